The van der Waals surface area contributed by atoms with Crippen molar-refractivity contribution in [3.63, 3.8) is 0 Å². The van der Waals surface area contributed by atoms with Crippen molar-refractivity contribution in [2.45, 2.75) is 45.2 Å². The van der Waals surface area contributed by atoms with Crippen LogP contribution in [0.25, 0.3) is 0 Å². The molecule has 3 aromatic rings. The molecule has 0 spiro atoms. The highest BCUT2D eigenvalue weighted by Gasteiger charge is 2.26. The normalized spacial score (nSPS) is 12.6. The number of hydrogen-bond acceptors (Lipinski definition) is 5. The molecule has 0 fully saturated rings. The fourth-order valence-corrected chi connectivity index (χ4v) is 4.53. The van der Waals surface area contributed by atoms with Gasteiger partial charge in [0, 0.05) is 12.7 Å². The van der Waals surface area contributed by atoms with Gasteiger partial charge in [-0.05, 0) is 45.4 Å². The smallest absolute Gasteiger partial charge is 0.266 e. The molecule has 2 heterocycles. The first-order valence-corrected chi connectivity index (χ1v) is 10.5. The summed E-state index contributed by atoms with van der Waals surface area (Å²) in [4.78, 5) is 4.35. The van der Waals surface area contributed by atoms with Crippen LogP contribution < -0.4 is 9.46 Å². The van der Waals surface area contributed by atoms with E-state index in [1.165, 1.54) is 6.20 Å². The topological polar surface area (TPSA) is 86.1 Å². The number of sulfonamides is 1. The number of nitrogens with zero attached hydrogens (tertiary/aromatic N) is 3. The van der Waals surface area contributed by atoms with Crippen molar-refractivity contribution >= 4 is 15.8 Å². The molecule has 3 rings (SSSR count). The molecule has 1 N–H and O–H groups in total. The zero-order valence-corrected chi connectivity index (χ0v) is 17.2. The standard InChI is InChI=1S/C20H24N4O3S/c1-5-24-15(3)19(14(2)22-24)28(25,26)23-20-18(12-9-13-21-20)27-16(4)17-10-7-6-8-11-17/h6-13,16H,5H2,1-4H3,(H,21,23). The molecule has 148 valence electrons. The van der Waals surface area contributed by atoms with Gasteiger partial charge < -0.3 is 4.74 Å². The second kappa shape index (κ2) is 8.02. The Morgan fingerprint density at radius 1 is 1.14 bits per heavy atom. The van der Waals surface area contributed by atoms with E-state index < -0.39 is 10.0 Å². The molecule has 1 unspecified atom stereocenters. The van der Waals surface area contributed by atoms with Gasteiger partial charge in [-0.15, -0.1) is 0 Å². The molecule has 0 saturated heterocycles. The van der Waals surface area contributed by atoms with Crippen LogP contribution in [0.15, 0.2) is 53.6 Å². The van der Waals surface area contributed by atoms with Crippen molar-refractivity contribution in [1.82, 2.24) is 14.8 Å². The van der Waals surface area contributed by atoms with Gasteiger partial charge in [0.25, 0.3) is 10.0 Å². The minimum absolute atomic E-state index is 0.147. The maximum atomic E-state index is 13.0. The Hall–Kier alpha value is -2.87. The lowest BCUT2D eigenvalue weighted by atomic mass is 10.1. The van der Waals surface area contributed by atoms with Crippen LogP contribution in [0, 0.1) is 13.8 Å². The molecular formula is C20H24N4O3S. The molecule has 0 aliphatic carbocycles. The zero-order chi connectivity index (χ0) is 20.3. The van der Waals surface area contributed by atoms with Gasteiger partial charge in [-0.1, -0.05) is 30.3 Å². The molecule has 8 heteroatoms. The van der Waals surface area contributed by atoms with Crippen LogP contribution in [0.2, 0.25) is 0 Å². The van der Waals surface area contributed by atoms with E-state index in [1.807, 2.05) is 44.2 Å². The van der Waals surface area contributed by atoms with E-state index in [0.29, 0.717) is 23.7 Å². The number of aryl methyl sites for hydroxylation is 2. The molecule has 0 amide bonds. The lowest BCUT2D eigenvalue weighted by molar-refractivity contribution is 0.227. The van der Waals surface area contributed by atoms with Gasteiger partial charge in [0.2, 0.25) is 0 Å². The van der Waals surface area contributed by atoms with E-state index in [9.17, 15) is 8.42 Å². The van der Waals surface area contributed by atoms with Crippen LogP contribution in [0.1, 0.15) is 36.9 Å². The van der Waals surface area contributed by atoms with Crippen molar-refractivity contribution in [2.24, 2.45) is 0 Å². The van der Waals surface area contributed by atoms with Gasteiger partial charge >= 0.3 is 0 Å². The van der Waals surface area contributed by atoms with E-state index in [1.54, 1.807) is 30.7 Å². The summed E-state index contributed by atoms with van der Waals surface area (Å²) in [7, 11) is -3.86. The molecule has 0 saturated carbocycles. The summed E-state index contributed by atoms with van der Waals surface area (Å²) >= 11 is 0. The fourth-order valence-electron chi connectivity index (χ4n) is 3.10. The summed E-state index contributed by atoms with van der Waals surface area (Å²) in [5.74, 6) is 0.508. The van der Waals surface area contributed by atoms with Gasteiger partial charge in [-0.3, -0.25) is 9.40 Å². The third kappa shape index (κ3) is 4.01. The predicted octanol–water partition coefficient (Wildman–Crippen LogP) is 3.86. The van der Waals surface area contributed by atoms with Crippen LogP contribution in [0.4, 0.5) is 5.82 Å². The molecule has 0 radical (unpaired) electrons. The maximum Gasteiger partial charge on any atom is 0.266 e. The van der Waals surface area contributed by atoms with Crippen LogP contribution in [0.5, 0.6) is 5.75 Å². The number of ether oxygens (including phenoxy) is 1. The predicted molar refractivity (Wildman–Crippen MR) is 108 cm³/mol. The third-order valence-electron chi connectivity index (χ3n) is 4.46. The number of rotatable bonds is 7. The zero-order valence-electron chi connectivity index (χ0n) is 16.4. The van der Waals surface area contributed by atoms with Crippen molar-refractivity contribution in [3.05, 3.63) is 65.6 Å². The van der Waals surface area contributed by atoms with Crippen molar-refractivity contribution in [3.8, 4) is 5.75 Å². The number of anilines is 1. The van der Waals surface area contributed by atoms with Gasteiger partial charge in [0.15, 0.2) is 11.6 Å². The molecule has 1 aromatic carbocycles. The molecule has 28 heavy (non-hydrogen) atoms. The van der Waals surface area contributed by atoms with E-state index in [4.69, 9.17) is 4.74 Å². The van der Waals surface area contributed by atoms with Gasteiger partial charge in [0.1, 0.15) is 11.0 Å². The van der Waals surface area contributed by atoms with Crippen molar-refractivity contribution < 1.29 is 13.2 Å². The molecule has 0 bridgehead atoms. The average molecular weight is 401 g/mol. The minimum atomic E-state index is -3.86. The van der Waals surface area contributed by atoms with Crippen molar-refractivity contribution in [2.75, 3.05) is 4.72 Å². The molecule has 0 aliphatic rings. The summed E-state index contributed by atoms with van der Waals surface area (Å²) in [6, 6.07) is 13.1. The molecular weight excluding hydrogens is 376 g/mol. The lowest BCUT2D eigenvalue weighted by Crippen LogP contribution is -2.17. The second-order valence-corrected chi connectivity index (χ2v) is 8.06. The Labute approximate surface area is 165 Å². The van der Waals surface area contributed by atoms with E-state index in [2.05, 4.69) is 14.8 Å². The number of nitrogens with one attached hydrogen (secondary N) is 1. The Bertz CT molecular complexity index is 1060. The second-order valence-electron chi connectivity index (χ2n) is 6.44. The van der Waals surface area contributed by atoms with E-state index >= 15 is 0 Å². The Kier molecular flexibility index (Phi) is 5.69. The first-order valence-electron chi connectivity index (χ1n) is 9.07. The minimum Gasteiger partial charge on any atom is -0.482 e. The number of pyridine rings is 1. The monoisotopic (exact) mass is 400 g/mol. The molecule has 7 nitrogen and oxygen atoms in total. The largest absolute Gasteiger partial charge is 0.482 e. The fraction of sp³-hybridized carbons (Fsp3) is 0.300. The van der Waals surface area contributed by atoms with Crippen molar-refractivity contribution in [1.29, 1.82) is 0 Å². The summed E-state index contributed by atoms with van der Waals surface area (Å²) < 4.78 is 36.3. The molecule has 0 aliphatic heterocycles. The first-order chi connectivity index (χ1) is 13.3. The van der Waals surface area contributed by atoms with Crippen LogP contribution in [0.3, 0.4) is 0 Å². The third-order valence-corrected chi connectivity index (χ3v) is 6.05. The highest BCUT2D eigenvalue weighted by Crippen LogP contribution is 2.30. The van der Waals surface area contributed by atoms with Gasteiger partial charge in [-0.2, -0.15) is 5.10 Å². The Morgan fingerprint density at radius 2 is 1.86 bits per heavy atom. The summed E-state index contributed by atoms with van der Waals surface area (Å²) in [6.07, 6.45) is 1.26. The van der Waals surface area contributed by atoms with E-state index in [-0.39, 0.29) is 16.8 Å². The summed E-state index contributed by atoms with van der Waals surface area (Å²) in [6.45, 7) is 7.83. The Morgan fingerprint density at radius 3 is 2.50 bits per heavy atom. The average Bonchev–Trinajstić information content (AvgIpc) is 2.98. The molecule has 1 atom stereocenters. The van der Waals surface area contributed by atoms with Crippen LogP contribution in [-0.4, -0.2) is 23.2 Å². The first kappa shape index (κ1) is 19.9. The van der Waals surface area contributed by atoms with Gasteiger partial charge in [0.05, 0.1) is 11.4 Å². The van der Waals surface area contributed by atoms with Crippen LogP contribution >= 0.6 is 0 Å². The number of aromatic nitrogens is 3. The summed E-state index contributed by atoms with van der Waals surface area (Å²) in [5.41, 5.74) is 2.02. The SMILES string of the molecule is CCn1nc(C)c(S(=O)(=O)Nc2ncccc2OC(C)c2ccccc2)c1C. The number of benzene rings is 1. The highest BCUT2D eigenvalue weighted by molar-refractivity contribution is 7.92. The maximum absolute atomic E-state index is 13.0. The van der Waals surface area contributed by atoms with Gasteiger partial charge in [-0.25, -0.2) is 13.4 Å². The molecule has 2 aromatic heterocycles. The highest BCUT2D eigenvalue weighted by atomic mass is 32.2. The summed E-state index contributed by atoms with van der Waals surface area (Å²) in [5, 5.41) is 4.29. The van der Waals surface area contributed by atoms with Crippen LogP contribution in [-0.2, 0) is 16.6 Å². The van der Waals surface area contributed by atoms with E-state index in [0.717, 1.165) is 5.56 Å². The lowest BCUT2D eigenvalue weighted by Gasteiger charge is -2.18. The quantitative estimate of drug-likeness (QED) is 0.651. The Balaban J connectivity index is 1.90. The number of hydrogen-bond donors (Lipinski definition) is 1.